The van der Waals surface area contributed by atoms with E-state index >= 15 is 0 Å². The summed E-state index contributed by atoms with van der Waals surface area (Å²) in [5.41, 5.74) is 2.73. The maximum Gasteiger partial charge on any atom is 0.106 e. The fourth-order valence-corrected chi connectivity index (χ4v) is 2.39. The molecular weight excluding hydrogens is 198 g/mol. The lowest BCUT2D eigenvalue weighted by molar-refractivity contribution is 0.213. The number of allylic oxidation sites excluding steroid dienone is 4. The lowest BCUT2D eigenvalue weighted by atomic mass is 9.68. The zero-order valence-electron chi connectivity index (χ0n) is 11.1. The highest BCUT2D eigenvalue weighted by atomic mass is 16.6. The van der Waals surface area contributed by atoms with E-state index in [1.165, 1.54) is 18.4 Å². The van der Waals surface area contributed by atoms with Crippen LogP contribution in [0.15, 0.2) is 29.0 Å². The van der Waals surface area contributed by atoms with Crippen LogP contribution < -0.4 is 0 Å². The molecule has 0 saturated carbocycles. The number of hydrogen-bond donors (Lipinski definition) is 0. The van der Waals surface area contributed by atoms with Crippen LogP contribution in [0, 0.1) is 11.3 Å². The summed E-state index contributed by atoms with van der Waals surface area (Å²) in [7, 11) is 1.58. The first-order chi connectivity index (χ1) is 7.47. The van der Waals surface area contributed by atoms with Gasteiger partial charge < -0.3 is 4.84 Å². The predicted octanol–water partition coefficient (Wildman–Crippen LogP) is 3.95. The van der Waals surface area contributed by atoms with Gasteiger partial charge in [-0.05, 0) is 38.2 Å². The molecule has 1 atom stereocenters. The van der Waals surface area contributed by atoms with Crippen molar-refractivity contribution in [1.82, 2.24) is 0 Å². The van der Waals surface area contributed by atoms with Crippen molar-refractivity contribution in [3.63, 3.8) is 0 Å². The summed E-state index contributed by atoms with van der Waals surface area (Å²) in [6.45, 7) is 8.84. The summed E-state index contributed by atoms with van der Waals surface area (Å²) in [6, 6.07) is 0. The molecule has 1 aliphatic carbocycles. The van der Waals surface area contributed by atoms with E-state index in [-0.39, 0.29) is 0 Å². The Hall–Kier alpha value is -1.05. The molecule has 0 saturated heterocycles. The molecular formula is C14H23NO. The van der Waals surface area contributed by atoms with E-state index in [0.717, 1.165) is 5.71 Å². The maximum absolute atomic E-state index is 4.74. The predicted molar refractivity (Wildman–Crippen MR) is 69.5 cm³/mol. The van der Waals surface area contributed by atoms with Gasteiger partial charge in [-0.3, -0.25) is 0 Å². The normalized spacial score (nSPS) is 25.7. The topological polar surface area (TPSA) is 21.6 Å². The summed E-state index contributed by atoms with van der Waals surface area (Å²) in [6.07, 6.45) is 9.11. The average Bonchev–Trinajstić information content (AvgIpc) is 2.16. The highest BCUT2D eigenvalue weighted by Crippen LogP contribution is 2.41. The van der Waals surface area contributed by atoms with Crippen molar-refractivity contribution in [2.24, 2.45) is 16.5 Å². The van der Waals surface area contributed by atoms with E-state index < -0.39 is 0 Å². The van der Waals surface area contributed by atoms with E-state index in [4.69, 9.17) is 4.84 Å². The molecule has 0 fully saturated rings. The zero-order valence-corrected chi connectivity index (χ0v) is 11.1. The van der Waals surface area contributed by atoms with Gasteiger partial charge in [-0.2, -0.15) is 0 Å². The molecule has 0 bridgehead atoms. The smallest absolute Gasteiger partial charge is 0.106 e. The Morgan fingerprint density at radius 1 is 1.56 bits per heavy atom. The molecule has 1 unspecified atom stereocenters. The highest BCUT2D eigenvalue weighted by Gasteiger charge is 2.30. The number of oxime groups is 1. The Labute approximate surface area is 99.1 Å². The van der Waals surface area contributed by atoms with Gasteiger partial charge in [0.1, 0.15) is 7.11 Å². The van der Waals surface area contributed by atoms with Crippen molar-refractivity contribution in [3.8, 4) is 0 Å². The molecule has 90 valence electrons. The second-order valence-electron chi connectivity index (χ2n) is 5.23. The molecule has 2 nitrogen and oxygen atoms in total. The maximum atomic E-state index is 4.74. The fourth-order valence-electron chi connectivity index (χ4n) is 2.39. The molecule has 0 amide bonds. The number of hydrogen-bond acceptors (Lipinski definition) is 2. The van der Waals surface area contributed by atoms with E-state index in [1.807, 2.05) is 6.92 Å². The fraction of sp³-hybridized carbons (Fsp3) is 0.643. The van der Waals surface area contributed by atoms with E-state index in [0.29, 0.717) is 11.3 Å². The summed E-state index contributed by atoms with van der Waals surface area (Å²) in [5.74, 6) is 0.517. The summed E-state index contributed by atoms with van der Waals surface area (Å²) in [4.78, 5) is 4.74. The molecule has 2 heteroatoms. The van der Waals surface area contributed by atoms with Crippen LogP contribution in [0.4, 0.5) is 0 Å². The molecule has 0 spiro atoms. The van der Waals surface area contributed by atoms with Crippen molar-refractivity contribution in [1.29, 1.82) is 0 Å². The van der Waals surface area contributed by atoms with Crippen molar-refractivity contribution in [3.05, 3.63) is 23.8 Å². The second-order valence-corrected chi connectivity index (χ2v) is 5.23. The first-order valence-electron chi connectivity index (χ1n) is 5.90. The molecule has 0 N–H and O–H groups in total. The minimum atomic E-state index is 0.350. The van der Waals surface area contributed by atoms with Gasteiger partial charge in [0.05, 0.1) is 5.71 Å². The molecule has 0 aromatic heterocycles. The zero-order chi connectivity index (χ0) is 12.2. The average molecular weight is 221 g/mol. The second kappa shape index (κ2) is 5.33. The summed E-state index contributed by atoms with van der Waals surface area (Å²) in [5, 5.41) is 3.89. The molecule has 0 heterocycles. The summed E-state index contributed by atoms with van der Waals surface area (Å²) < 4.78 is 0. The number of rotatable bonds is 3. The SMILES string of the molecule is CO/N=C(C)\C=C\C1C(C)=CCCC1(C)C. The highest BCUT2D eigenvalue weighted by molar-refractivity contribution is 5.92. The first kappa shape index (κ1) is 13.0. The van der Waals surface area contributed by atoms with Gasteiger partial charge in [-0.1, -0.05) is 36.7 Å². The van der Waals surface area contributed by atoms with Gasteiger partial charge in [0.25, 0.3) is 0 Å². The molecule has 0 aliphatic heterocycles. The molecule has 0 aromatic rings. The van der Waals surface area contributed by atoms with Crippen molar-refractivity contribution in [2.45, 2.75) is 40.5 Å². The largest absolute Gasteiger partial charge is 0.399 e. The molecule has 1 aliphatic rings. The van der Waals surface area contributed by atoms with Crippen LogP contribution in [0.1, 0.15) is 40.5 Å². The van der Waals surface area contributed by atoms with Crippen molar-refractivity contribution in [2.75, 3.05) is 7.11 Å². The van der Waals surface area contributed by atoms with Crippen LogP contribution >= 0.6 is 0 Å². The van der Waals surface area contributed by atoms with Gasteiger partial charge in [-0.15, -0.1) is 0 Å². The quantitative estimate of drug-likeness (QED) is 0.402. The number of nitrogens with zero attached hydrogens (tertiary/aromatic N) is 1. The van der Waals surface area contributed by atoms with E-state index in [2.05, 4.69) is 44.2 Å². The molecule has 1 rings (SSSR count). The van der Waals surface area contributed by atoms with Crippen LogP contribution in [-0.4, -0.2) is 12.8 Å². The van der Waals surface area contributed by atoms with Gasteiger partial charge >= 0.3 is 0 Å². The van der Waals surface area contributed by atoms with Crippen LogP contribution in [0.5, 0.6) is 0 Å². The van der Waals surface area contributed by atoms with Gasteiger partial charge in [0.15, 0.2) is 0 Å². The van der Waals surface area contributed by atoms with Crippen LogP contribution in [0.2, 0.25) is 0 Å². The van der Waals surface area contributed by atoms with E-state index in [9.17, 15) is 0 Å². The van der Waals surface area contributed by atoms with Gasteiger partial charge in [0, 0.05) is 5.92 Å². The van der Waals surface area contributed by atoms with Crippen molar-refractivity contribution < 1.29 is 4.84 Å². The third kappa shape index (κ3) is 3.22. The van der Waals surface area contributed by atoms with Gasteiger partial charge in [-0.25, -0.2) is 0 Å². The monoisotopic (exact) mass is 221 g/mol. The Morgan fingerprint density at radius 3 is 2.81 bits per heavy atom. The van der Waals surface area contributed by atoms with Crippen LogP contribution in [0.25, 0.3) is 0 Å². The Morgan fingerprint density at radius 2 is 2.25 bits per heavy atom. The van der Waals surface area contributed by atoms with Crippen LogP contribution in [0.3, 0.4) is 0 Å². The standard InChI is InChI=1S/C14H23NO/c1-11-7-6-10-14(3,4)13(11)9-8-12(2)15-16-5/h7-9,13H,6,10H2,1-5H3/b9-8+,15-12-. The van der Waals surface area contributed by atoms with Crippen molar-refractivity contribution >= 4 is 5.71 Å². The first-order valence-corrected chi connectivity index (χ1v) is 5.90. The lowest BCUT2D eigenvalue weighted by Gasteiger charge is -2.36. The molecule has 0 aromatic carbocycles. The third-order valence-corrected chi connectivity index (χ3v) is 3.35. The molecule has 16 heavy (non-hydrogen) atoms. The summed E-state index contributed by atoms with van der Waals surface area (Å²) >= 11 is 0. The van der Waals surface area contributed by atoms with E-state index in [1.54, 1.807) is 7.11 Å². The Balaban J connectivity index is 2.81. The minimum absolute atomic E-state index is 0.350. The van der Waals surface area contributed by atoms with Crippen LogP contribution in [-0.2, 0) is 4.84 Å². The minimum Gasteiger partial charge on any atom is -0.399 e. The Kier molecular flexibility index (Phi) is 4.34. The van der Waals surface area contributed by atoms with Gasteiger partial charge in [0.2, 0.25) is 0 Å². The third-order valence-electron chi connectivity index (χ3n) is 3.35. The Bertz CT molecular complexity index is 324. The lowest BCUT2D eigenvalue weighted by Crippen LogP contribution is -2.26. The molecule has 0 radical (unpaired) electrons.